The highest BCUT2D eigenvalue weighted by molar-refractivity contribution is 4.84. The maximum atomic E-state index is 3.85. The number of rotatable bonds is 5. The van der Waals surface area contributed by atoms with Crippen molar-refractivity contribution in [2.45, 2.75) is 90.1 Å². The van der Waals surface area contributed by atoms with E-state index in [-0.39, 0.29) is 0 Å². The molecule has 1 saturated carbocycles. The predicted molar refractivity (Wildman–Crippen MR) is 88.2 cm³/mol. The second-order valence-corrected chi connectivity index (χ2v) is 7.15. The first kappa shape index (κ1) is 16.3. The summed E-state index contributed by atoms with van der Waals surface area (Å²) in [4.78, 5) is 2.81. The van der Waals surface area contributed by atoms with Crippen molar-refractivity contribution < 1.29 is 0 Å². The molecule has 2 fully saturated rings. The Balaban J connectivity index is 1.91. The second-order valence-electron chi connectivity index (χ2n) is 7.15. The van der Waals surface area contributed by atoms with Crippen LogP contribution in [0, 0.1) is 5.92 Å². The highest BCUT2D eigenvalue weighted by Gasteiger charge is 2.27. The SMILES string of the molecule is CCCNC1CCCCCC1CN1CCCCCC1C. The predicted octanol–water partition coefficient (Wildman–Crippen LogP) is 4.20. The minimum absolute atomic E-state index is 0.785. The lowest BCUT2D eigenvalue weighted by atomic mass is 9.93. The first-order valence-corrected chi connectivity index (χ1v) is 9.28. The van der Waals surface area contributed by atoms with Crippen LogP contribution in [0.2, 0.25) is 0 Å². The zero-order valence-electron chi connectivity index (χ0n) is 13.9. The van der Waals surface area contributed by atoms with Crippen LogP contribution in [0.4, 0.5) is 0 Å². The van der Waals surface area contributed by atoms with E-state index < -0.39 is 0 Å². The third-order valence-corrected chi connectivity index (χ3v) is 5.48. The Morgan fingerprint density at radius 2 is 1.70 bits per heavy atom. The number of likely N-dealkylation sites (tertiary alicyclic amines) is 1. The summed E-state index contributed by atoms with van der Waals surface area (Å²) < 4.78 is 0. The fraction of sp³-hybridized carbons (Fsp3) is 1.00. The Morgan fingerprint density at radius 3 is 2.55 bits per heavy atom. The molecular formula is C18H36N2. The van der Waals surface area contributed by atoms with E-state index in [1.165, 1.54) is 83.8 Å². The Labute approximate surface area is 126 Å². The minimum atomic E-state index is 0.785. The average Bonchev–Trinajstić information content (AvgIpc) is 2.79. The zero-order chi connectivity index (χ0) is 14.2. The molecule has 1 N–H and O–H groups in total. The topological polar surface area (TPSA) is 15.3 Å². The lowest BCUT2D eigenvalue weighted by Gasteiger charge is -2.34. The fourth-order valence-electron chi connectivity index (χ4n) is 4.11. The molecule has 118 valence electrons. The van der Waals surface area contributed by atoms with Crippen molar-refractivity contribution >= 4 is 0 Å². The third kappa shape index (κ3) is 5.04. The van der Waals surface area contributed by atoms with Crippen molar-refractivity contribution in [1.82, 2.24) is 10.2 Å². The van der Waals surface area contributed by atoms with Gasteiger partial charge in [-0.15, -0.1) is 0 Å². The van der Waals surface area contributed by atoms with E-state index in [4.69, 9.17) is 0 Å². The third-order valence-electron chi connectivity index (χ3n) is 5.48. The molecule has 0 aromatic carbocycles. The normalized spacial score (nSPS) is 33.6. The van der Waals surface area contributed by atoms with E-state index in [1.54, 1.807) is 0 Å². The number of hydrogen-bond acceptors (Lipinski definition) is 2. The molecule has 20 heavy (non-hydrogen) atoms. The van der Waals surface area contributed by atoms with Crippen LogP contribution in [-0.4, -0.2) is 36.6 Å². The van der Waals surface area contributed by atoms with Crippen molar-refractivity contribution in [3.05, 3.63) is 0 Å². The van der Waals surface area contributed by atoms with Crippen molar-refractivity contribution in [3.8, 4) is 0 Å². The molecule has 3 unspecified atom stereocenters. The van der Waals surface area contributed by atoms with Crippen LogP contribution >= 0.6 is 0 Å². The lowest BCUT2D eigenvalue weighted by Crippen LogP contribution is -2.44. The van der Waals surface area contributed by atoms with Gasteiger partial charge in [-0.2, -0.15) is 0 Å². The van der Waals surface area contributed by atoms with Gasteiger partial charge in [0.1, 0.15) is 0 Å². The van der Waals surface area contributed by atoms with Gasteiger partial charge in [-0.25, -0.2) is 0 Å². The molecular weight excluding hydrogens is 244 g/mol. The molecule has 1 aliphatic heterocycles. The van der Waals surface area contributed by atoms with Crippen LogP contribution in [0.15, 0.2) is 0 Å². The summed E-state index contributed by atoms with van der Waals surface area (Å²) in [6.07, 6.45) is 14.2. The molecule has 2 aliphatic rings. The molecule has 1 saturated heterocycles. The van der Waals surface area contributed by atoms with Gasteiger partial charge in [0.25, 0.3) is 0 Å². The largest absolute Gasteiger partial charge is 0.314 e. The number of nitrogens with zero attached hydrogens (tertiary/aromatic N) is 1. The zero-order valence-corrected chi connectivity index (χ0v) is 13.9. The molecule has 3 atom stereocenters. The highest BCUT2D eigenvalue weighted by atomic mass is 15.2. The van der Waals surface area contributed by atoms with Gasteiger partial charge in [-0.3, -0.25) is 0 Å². The van der Waals surface area contributed by atoms with E-state index in [0.29, 0.717) is 0 Å². The van der Waals surface area contributed by atoms with Crippen molar-refractivity contribution in [2.75, 3.05) is 19.6 Å². The molecule has 2 heteroatoms. The van der Waals surface area contributed by atoms with Crippen LogP contribution < -0.4 is 5.32 Å². The van der Waals surface area contributed by atoms with Gasteiger partial charge in [0.2, 0.25) is 0 Å². The molecule has 1 aliphatic carbocycles. The van der Waals surface area contributed by atoms with Crippen LogP contribution in [0.5, 0.6) is 0 Å². The van der Waals surface area contributed by atoms with Gasteiger partial charge in [-0.05, 0) is 58.0 Å². The van der Waals surface area contributed by atoms with E-state index in [1.807, 2.05) is 0 Å². The van der Waals surface area contributed by atoms with E-state index in [9.17, 15) is 0 Å². The molecule has 2 rings (SSSR count). The van der Waals surface area contributed by atoms with Crippen LogP contribution in [0.25, 0.3) is 0 Å². The Morgan fingerprint density at radius 1 is 0.950 bits per heavy atom. The fourth-order valence-corrected chi connectivity index (χ4v) is 4.11. The minimum Gasteiger partial charge on any atom is -0.314 e. The van der Waals surface area contributed by atoms with E-state index in [2.05, 4.69) is 24.1 Å². The van der Waals surface area contributed by atoms with Crippen molar-refractivity contribution in [2.24, 2.45) is 5.92 Å². The summed E-state index contributed by atoms with van der Waals surface area (Å²) in [5.41, 5.74) is 0. The number of hydrogen-bond donors (Lipinski definition) is 1. The Bertz CT molecular complexity index is 254. The number of nitrogens with one attached hydrogen (secondary N) is 1. The second kappa shape index (κ2) is 9.04. The smallest absolute Gasteiger partial charge is 0.0107 e. The Kier molecular flexibility index (Phi) is 7.37. The van der Waals surface area contributed by atoms with Gasteiger partial charge in [0.15, 0.2) is 0 Å². The molecule has 0 spiro atoms. The quantitative estimate of drug-likeness (QED) is 0.759. The van der Waals surface area contributed by atoms with E-state index in [0.717, 1.165) is 18.0 Å². The monoisotopic (exact) mass is 280 g/mol. The van der Waals surface area contributed by atoms with Gasteiger partial charge in [0, 0.05) is 18.6 Å². The highest BCUT2D eigenvalue weighted by Crippen LogP contribution is 2.27. The van der Waals surface area contributed by atoms with Crippen molar-refractivity contribution in [3.63, 3.8) is 0 Å². The molecule has 0 radical (unpaired) electrons. The first-order chi connectivity index (χ1) is 9.81. The Hall–Kier alpha value is -0.0800. The van der Waals surface area contributed by atoms with Crippen LogP contribution in [0.3, 0.4) is 0 Å². The molecule has 0 aromatic heterocycles. The van der Waals surface area contributed by atoms with Crippen molar-refractivity contribution in [1.29, 1.82) is 0 Å². The molecule has 0 aromatic rings. The summed E-state index contributed by atoms with van der Waals surface area (Å²) >= 11 is 0. The van der Waals surface area contributed by atoms with Gasteiger partial charge in [0.05, 0.1) is 0 Å². The van der Waals surface area contributed by atoms with Gasteiger partial charge in [-0.1, -0.05) is 39.0 Å². The van der Waals surface area contributed by atoms with Gasteiger partial charge >= 0.3 is 0 Å². The van der Waals surface area contributed by atoms with Crippen LogP contribution in [0.1, 0.15) is 78.1 Å². The van der Waals surface area contributed by atoms with Gasteiger partial charge < -0.3 is 10.2 Å². The average molecular weight is 280 g/mol. The van der Waals surface area contributed by atoms with Crippen LogP contribution in [-0.2, 0) is 0 Å². The summed E-state index contributed by atoms with van der Waals surface area (Å²) in [7, 11) is 0. The summed E-state index contributed by atoms with van der Waals surface area (Å²) in [6.45, 7) is 8.64. The standard InChI is InChI=1S/C18H36N2/c1-3-13-19-18-12-8-4-7-11-17(18)15-20-14-9-5-6-10-16(20)2/h16-19H,3-15H2,1-2H3. The molecule has 0 bridgehead atoms. The summed E-state index contributed by atoms with van der Waals surface area (Å²) in [5.74, 6) is 0.893. The first-order valence-electron chi connectivity index (χ1n) is 9.28. The summed E-state index contributed by atoms with van der Waals surface area (Å²) in [6, 6.07) is 1.60. The molecule has 0 amide bonds. The lowest BCUT2D eigenvalue weighted by molar-refractivity contribution is 0.155. The maximum Gasteiger partial charge on any atom is 0.0107 e. The summed E-state index contributed by atoms with van der Waals surface area (Å²) in [5, 5.41) is 3.85. The molecule has 2 nitrogen and oxygen atoms in total. The maximum absolute atomic E-state index is 3.85. The van der Waals surface area contributed by atoms with E-state index >= 15 is 0 Å². The molecule has 1 heterocycles.